The lowest BCUT2D eigenvalue weighted by Crippen LogP contribution is -2.31. The number of rotatable bonds is 10. The lowest BCUT2D eigenvalue weighted by atomic mass is 10.1. The first kappa shape index (κ1) is 25.1. The monoisotopic (exact) mass is 482 g/mol. The predicted molar refractivity (Wildman–Crippen MR) is 130 cm³/mol. The van der Waals surface area contributed by atoms with E-state index >= 15 is 0 Å². The highest BCUT2D eigenvalue weighted by Crippen LogP contribution is 2.18. The van der Waals surface area contributed by atoms with Crippen LogP contribution in [0.4, 0.5) is 0 Å². The molecule has 0 saturated heterocycles. The van der Waals surface area contributed by atoms with Crippen LogP contribution in [-0.4, -0.2) is 42.5 Å². The van der Waals surface area contributed by atoms with Gasteiger partial charge >= 0.3 is 5.97 Å². The summed E-state index contributed by atoms with van der Waals surface area (Å²) in [6, 6.07) is 16.0. The molecule has 7 nitrogen and oxygen atoms in total. The van der Waals surface area contributed by atoms with Gasteiger partial charge in [0.2, 0.25) is 5.78 Å². The summed E-state index contributed by atoms with van der Waals surface area (Å²) in [4.78, 5) is 36.9. The molecule has 0 saturated carbocycles. The molecule has 8 heteroatoms. The summed E-state index contributed by atoms with van der Waals surface area (Å²) >= 11 is 5.94. The van der Waals surface area contributed by atoms with Crippen molar-refractivity contribution in [2.24, 2.45) is 0 Å². The Hall–Kier alpha value is -3.58. The number of aromatic nitrogens is 1. The highest BCUT2D eigenvalue weighted by atomic mass is 35.5. The largest absolute Gasteiger partial charge is 0.497 e. The van der Waals surface area contributed by atoms with E-state index in [9.17, 15) is 14.4 Å². The van der Waals surface area contributed by atoms with Gasteiger partial charge in [-0.25, -0.2) is 0 Å². The standard InChI is InChI=1S/C26H27ClN2O5/c1-17-13-23(18(2)29(17)12-11-19-7-9-21(27)10-8-19)24(30)16-34-25(31)15-28-26(32)20-5-4-6-22(14-20)33-3/h4-10,13-14H,11-12,15-16H2,1-3H3,(H,28,32). The average Bonchev–Trinajstić information content (AvgIpc) is 3.13. The molecule has 0 aliphatic carbocycles. The van der Waals surface area contributed by atoms with E-state index in [1.54, 1.807) is 30.3 Å². The molecule has 3 aromatic rings. The van der Waals surface area contributed by atoms with Crippen LogP contribution in [-0.2, 0) is 22.5 Å². The summed E-state index contributed by atoms with van der Waals surface area (Å²) in [5.41, 5.74) is 3.79. The van der Waals surface area contributed by atoms with Crippen LogP contribution in [0.25, 0.3) is 0 Å². The number of carbonyl (C=O) groups excluding carboxylic acids is 3. The second kappa shape index (κ2) is 11.5. The normalized spacial score (nSPS) is 10.6. The smallest absolute Gasteiger partial charge is 0.325 e. The quantitative estimate of drug-likeness (QED) is 0.346. The number of ether oxygens (including phenoxy) is 2. The Morgan fingerprint density at radius 1 is 1.03 bits per heavy atom. The van der Waals surface area contributed by atoms with E-state index in [2.05, 4.69) is 9.88 Å². The number of methoxy groups -OCH3 is 1. The molecule has 0 atom stereocenters. The molecule has 0 unspecified atom stereocenters. The van der Waals surface area contributed by atoms with Crippen molar-refractivity contribution in [3.8, 4) is 5.75 Å². The predicted octanol–water partition coefficient (Wildman–Crippen LogP) is 4.17. The van der Waals surface area contributed by atoms with Gasteiger partial charge in [-0.2, -0.15) is 0 Å². The van der Waals surface area contributed by atoms with Crippen LogP contribution < -0.4 is 10.1 Å². The first-order valence-electron chi connectivity index (χ1n) is 10.8. The molecular weight excluding hydrogens is 456 g/mol. The van der Waals surface area contributed by atoms with Gasteiger partial charge in [0.1, 0.15) is 12.3 Å². The highest BCUT2D eigenvalue weighted by molar-refractivity contribution is 6.30. The molecular formula is C26H27ClN2O5. The van der Waals surface area contributed by atoms with Crippen LogP contribution in [0.3, 0.4) is 0 Å². The highest BCUT2D eigenvalue weighted by Gasteiger charge is 2.18. The molecule has 0 bridgehead atoms. The zero-order chi connectivity index (χ0) is 24.7. The number of aryl methyl sites for hydroxylation is 2. The molecule has 0 aliphatic heterocycles. The van der Waals surface area contributed by atoms with Gasteiger partial charge in [-0.15, -0.1) is 0 Å². The van der Waals surface area contributed by atoms with Crippen molar-refractivity contribution in [3.05, 3.63) is 87.7 Å². The van der Waals surface area contributed by atoms with Gasteiger partial charge in [-0.3, -0.25) is 14.4 Å². The SMILES string of the molecule is COc1cccc(C(=O)NCC(=O)OCC(=O)c2cc(C)n(CCc3ccc(Cl)cc3)c2C)c1. The lowest BCUT2D eigenvalue weighted by molar-refractivity contribution is -0.141. The van der Waals surface area contributed by atoms with Gasteiger partial charge in [0.05, 0.1) is 7.11 Å². The number of Topliss-reactive ketones (excluding diaryl/α,β-unsaturated/α-hetero) is 1. The Balaban J connectivity index is 1.51. The van der Waals surface area contributed by atoms with Crippen LogP contribution in [0.1, 0.15) is 37.7 Å². The Bertz CT molecular complexity index is 1180. The maximum absolute atomic E-state index is 12.7. The molecule has 0 radical (unpaired) electrons. The van der Waals surface area contributed by atoms with E-state index in [1.807, 2.05) is 38.1 Å². The number of hydrogen-bond acceptors (Lipinski definition) is 5. The number of halogens is 1. The molecule has 2 aromatic carbocycles. The molecule has 1 heterocycles. The van der Waals surface area contributed by atoms with Gasteiger partial charge in [0.15, 0.2) is 6.61 Å². The maximum atomic E-state index is 12.7. The Morgan fingerprint density at radius 3 is 2.47 bits per heavy atom. The Morgan fingerprint density at radius 2 is 1.76 bits per heavy atom. The maximum Gasteiger partial charge on any atom is 0.325 e. The molecule has 0 aliphatic rings. The van der Waals surface area contributed by atoms with E-state index in [0.717, 1.165) is 23.4 Å². The molecule has 0 spiro atoms. The lowest BCUT2D eigenvalue weighted by Gasteiger charge is -2.10. The summed E-state index contributed by atoms with van der Waals surface area (Å²) in [5, 5.41) is 3.18. The van der Waals surface area contributed by atoms with Crippen LogP contribution in [0.5, 0.6) is 5.75 Å². The summed E-state index contributed by atoms with van der Waals surface area (Å²) in [6.07, 6.45) is 0.795. The van der Waals surface area contributed by atoms with Gasteiger partial charge in [0.25, 0.3) is 5.91 Å². The average molecular weight is 483 g/mol. The molecule has 1 amide bonds. The number of esters is 1. The first-order chi connectivity index (χ1) is 16.3. The summed E-state index contributed by atoms with van der Waals surface area (Å²) < 4.78 is 12.2. The zero-order valence-electron chi connectivity index (χ0n) is 19.4. The topological polar surface area (TPSA) is 86.6 Å². The van der Waals surface area contributed by atoms with Crippen molar-refractivity contribution in [2.75, 3.05) is 20.3 Å². The minimum Gasteiger partial charge on any atom is -0.497 e. The third-order valence-electron chi connectivity index (χ3n) is 5.50. The molecule has 34 heavy (non-hydrogen) atoms. The fourth-order valence-electron chi connectivity index (χ4n) is 3.61. The van der Waals surface area contributed by atoms with Crippen LogP contribution in [0.2, 0.25) is 5.02 Å². The minimum atomic E-state index is -0.693. The van der Waals surface area contributed by atoms with Crippen molar-refractivity contribution in [2.45, 2.75) is 26.8 Å². The van der Waals surface area contributed by atoms with Gasteiger partial charge in [-0.1, -0.05) is 29.8 Å². The van der Waals surface area contributed by atoms with E-state index in [0.29, 0.717) is 28.4 Å². The summed E-state index contributed by atoms with van der Waals surface area (Å²) in [6.45, 7) is 3.78. The fraction of sp³-hybridized carbons (Fsp3) is 0.269. The van der Waals surface area contributed by atoms with E-state index in [1.165, 1.54) is 7.11 Å². The van der Waals surface area contributed by atoms with Gasteiger partial charge < -0.3 is 19.4 Å². The molecule has 0 fully saturated rings. The third-order valence-corrected chi connectivity index (χ3v) is 5.75. The van der Waals surface area contributed by atoms with Crippen molar-refractivity contribution >= 4 is 29.3 Å². The number of benzene rings is 2. The fourth-order valence-corrected chi connectivity index (χ4v) is 3.74. The third kappa shape index (κ3) is 6.48. The molecule has 178 valence electrons. The van der Waals surface area contributed by atoms with Crippen molar-refractivity contribution < 1.29 is 23.9 Å². The second-order valence-corrected chi connectivity index (χ2v) is 8.25. The molecule has 1 N–H and O–H groups in total. The zero-order valence-corrected chi connectivity index (χ0v) is 20.1. The minimum absolute atomic E-state index is 0.293. The Kier molecular flexibility index (Phi) is 8.49. The van der Waals surface area contributed by atoms with Crippen LogP contribution in [0.15, 0.2) is 54.6 Å². The first-order valence-corrected chi connectivity index (χ1v) is 11.2. The van der Waals surface area contributed by atoms with E-state index < -0.39 is 18.5 Å². The van der Waals surface area contributed by atoms with Crippen molar-refractivity contribution in [3.63, 3.8) is 0 Å². The molecule has 1 aromatic heterocycles. The summed E-state index contributed by atoms with van der Waals surface area (Å²) in [5.74, 6) is -0.891. The van der Waals surface area contributed by atoms with Crippen molar-refractivity contribution in [1.82, 2.24) is 9.88 Å². The van der Waals surface area contributed by atoms with Crippen molar-refractivity contribution in [1.29, 1.82) is 0 Å². The van der Waals surface area contributed by atoms with Gasteiger partial charge in [-0.05, 0) is 62.2 Å². The number of nitrogens with one attached hydrogen (secondary N) is 1. The summed E-state index contributed by atoms with van der Waals surface area (Å²) in [7, 11) is 1.50. The number of nitrogens with zero attached hydrogens (tertiary/aromatic N) is 1. The van der Waals surface area contributed by atoms with Crippen LogP contribution >= 0.6 is 11.6 Å². The van der Waals surface area contributed by atoms with E-state index in [-0.39, 0.29) is 12.3 Å². The molecule has 3 rings (SSSR count). The second-order valence-electron chi connectivity index (χ2n) is 7.81. The van der Waals surface area contributed by atoms with Crippen LogP contribution in [0, 0.1) is 13.8 Å². The Labute approximate surface area is 203 Å². The number of amides is 1. The number of carbonyl (C=O) groups is 3. The number of ketones is 1. The number of hydrogen-bond donors (Lipinski definition) is 1. The van der Waals surface area contributed by atoms with E-state index in [4.69, 9.17) is 21.1 Å². The van der Waals surface area contributed by atoms with Gasteiger partial charge in [0, 0.05) is 34.1 Å².